The molecule has 3 rings (SSSR count). The van der Waals surface area contributed by atoms with E-state index in [1.807, 2.05) is 49.1 Å². The molecule has 0 spiro atoms. The standard InChI is InChI=1S/C20H19BrN2O3/c1-13-12-18(16-6-4-3-5-7-16)22(20(24)19(13)21)14(2)15-8-10-17(11-9-15)23(25)26/h3-11,14,18H,12H2,1-2H3/t14-,18-/m0/s1. The maximum Gasteiger partial charge on any atom is 0.269 e. The summed E-state index contributed by atoms with van der Waals surface area (Å²) in [6.07, 6.45) is 0.744. The van der Waals surface area contributed by atoms with Crippen molar-refractivity contribution in [2.24, 2.45) is 0 Å². The summed E-state index contributed by atoms with van der Waals surface area (Å²) >= 11 is 3.43. The molecule has 5 nitrogen and oxygen atoms in total. The second-order valence-electron chi connectivity index (χ2n) is 6.46. The van der Waals surface area contributed by atoms with E-state index in [0.717, 1.165) is 23.1 Å². The highest BCUT2D eigenvalue weighted by Crippen LogP contribution is 2.41. The fourth-order valence-corrected chi connectivity index (χ4v) is 3.72. The van der Waals surface area contributed by atoms with E-state index in [1.165, 1.54) is 12.1 Å². The first-order chi connectivity index (χ1) is 12.4. The van der Waals surface area contributed by atoms with Gasteiger partial charge in [-0.1, -0.05) is 48.0 Å². The molecule has 134 valence electrons. The topological polar surface area (TPSA) is 63.5 Å². The van der Waals surface area contributed by atoms with Crippen LogP contribution in [0.2, 0.25) is 0 Å². The second kappa shape index (κ2) is 7.41. The number of carbonyl (C=O) groups is 1. The molecule has 0 aromatic heterocycles. The average molecular weight is 415 g/mol. The molecule has 1 aliphatic heterocycles. The van der Waals surface area contributed by atoms with Crippen LogP contribution in [0.1, 0.15) is 43.5 Å². The molecule has 0 fully saturated rings. The van der Waals surface area contributed by atoms with Gasteiger partial charge < -0.3 is 4.90 Å². The van der Waals surface area contributed by atoms with Gasteiger partial charge in [-0.3, -0.25) is 14.9 Å². The van der Waals surface area contributed by atoms with E-state index in [1.54, 1.807) is 12.1 Å². The molecule has 0 unspecified atom stereocenters. The normalized spacial score (nSPS) is 18.8. The highest BCUT2D eigenvalue weighted by Gasteiger charge is 2.36. The molecular formula is C20H19BrN2O3. The number of hydrogen-bond donors (Lipinski definition) is 0. The third-order valence-electron chi connectivity index (χ3n) is 4.82. The monoisotopic (exact) mass is 414 g/mol. The maximum atomic E-state index is 13.0. The van der Waals surface area contributed by atoms with Gasteiger partial charge >= 0.3 is 0 Å². The van der Waals surface area contributed by atoms with Gasteiger partial charge in [0.2, 0.25) is 0 Å². The first-order valence-electron chi connectivity index (χ1n) is 8.37. The van der Waals surface area contributed by atoms with Crippen molar-refractivity contribution in [3.05, 3.63) is 85.9 Å². The van der Waals surface area contributed by atoms with Crippen LogP contribution in [0, 0.1) is 10.1 Å². The van der Waals surface area contributed by atoms with Gasteiger partial charge in [-0.25, -0.2) is 0 Å². The van der Waals surface area contributed by atoms with Crippen LogP contribution in [-0.2, 0) is 4.79 Å². The van der Waals surface area contributed by atoms with Crippen molar-refractivity contribution in [1.82, 2.24) is 4.90 Å². The van der Waals surface area contributed by atoms with Gasteiger partial charge in [0.1, 0.15) is 0 Å². The van der Waals surface area contributed by atoms with Crippen LogP contribution in [0.25, 0.3) is 0 Å². The fourth-order valence-electron chi connectivity index (χ4n) is 3.35. The van der Waals surface area contributed by atoms with Crippen LogP contribution < -0.4 is 0 Å². The van der Waals surface area contributed by atoms with Crippen molar-refractivity contribution >= 4 is 27.5 Å². The molecule has 0 aliphatic carbocycles. The van der Waals surface area contributed by atoms with Crippen LogP contribution >= 0.6 is 15.9 Å². The molecule has 0 radical (unpaired) electrons. The maximum absolute atomic E-state index is 13.0. The average Bonchev–Trinajstić information content (AvgIpc) is 2.66. The molecule has 26 heavy (non-hydrogen) atoms. The van der Waals surface area contributed by atoms with Gasteiger partial charge in [0, 0.05) is 12.1 Å². The summed E-state index contributed by atoms with van der Waals surface area (Å²) < 4.78 is 0.596. The number of nitro benzene ring substituents is 1. The molecule has 2 aromatic rings. The van der Waals surface area contributed by atoms with E-state index in [-0.39, 0.29) is 23.7 Å². The van der Waals surface area contributed by atoms with Crippen LogP contribution in [0.5, 0.6) is 0 Å². The highest BCUT2D eigenvalue weighted by molar-refractivity contribution is 9.12. The minimum Gasteiger partial charge on any atom is -0.324 e. The zero-order valence-electron chi connectivity index (χ0n) is 14.6. The van der Waals surface area contributed by atoms with Gasteiger partial charge in [0.05, 0.1) is 21.5 Å². The van der Waals surface area contributed by atoms with E-state index in [4.69, 9.17) is 0 Å². The Bertz CT molecular complexity index is 862. The molecule has 6 heteroatoms. The Kier molecular flexibility index (Phi) is 5.23. The molecule has 1 amide bonds. The Hall–Kier alpha value is -2.47. The van der Waals surface area contributed by atoms with Crippen LogP contribution in [0.3, 0.4) is 0 Å². The highest BCUT2D eigenvalue weighted by atomic mass is 79.9. The number of benzene rings is 2. The molecule has 0 saturated carbocycles. The smallest absolute Gasteiger partial charge is 0.269 e. The van der Waals surface area contributed by atoms with Gasteiger partial charge in [-0.05, 0) is 47.3 Å². The Balaban J connectivity index is 2.00. The second-order valence-corrected chi connectivity index (χ2v) is 7.25. The van der Waals surface area contributed by atoms with Gasteiger partial charge in [-0.15, -0.1) is 0 Å². The Morgan fingerprint density at radius 2 is 1.77 bits per heavy atom. The number of halogens is 1. The van der Waals surface area contributed by atoms with Crippen molar-refractivity contribution in [2.45, 2.75) is 32.4 Å². The summed E-state index contributed by atoms with van der Waals surface area (Å²) in [5, 5.41) is 10.9. The summed E-state index contributed by atoms with van der Waals surface area (Å²) in [5.41, 5.74) is 3.01. The van der Waals surface area contributed by atoms with Crippen LogP contribution in [0.4, 0.5) is 5.69 Å². The lowest BCUT2D eigenvalue weighted by atomic mass is 9.91. The van der Waals surface area contributed by atoms with Crippen LogP contribution in [0.15, 0.2) is 64.7 Å². The number of rotatable bonds is 4. The number of nitro groups is 1. The Morgan fingerprint density at radius 1 is 1.15 bits per heavy atom. The summed E-state index contributed by atoms with van der Waals surface area (Å²) in [5.74, 6) is -0.0616. The first-order valence-corrected chi connectivity index (χ1v) is 9.16. The summed E-state index contributed by atoms with van der Waals surface area (Å²) in [4.78, 5) is 25.3. The molecule has 1 aliphatic rings. The summed E-state index contributed by atoms with van der Waals surface area (Å²) in [6, 6.07) is 16.1. The van der Waals surface area contributed by atoms with E-state index >= 15 is 0 Å². The predicted molar refractivity (Wildman–Crippen MR) is 104 cm³/mol. The quantitative estimate of drug-likeness (QED) is 0.503. The van der Waals surface area contributed by atoms with Crippen molar-refractivity contribution in [3.63, 3.8) is 0 Å². The van der Waals surface area contributed by atoms with Gasteiger partial charge in [0.15, 0.2) is 0 Å². The summed E-state index contributed by atoms with van der Waals surface area (Å²) in [6.45, 7) is 3.92. The molecule has 0 N–H and O–H groups in total. The number of hydrogen-bond acceptors (Lipinski definition) is 3. The van der Waals surface area contributed by atoms with Crippen molar-refractivity contribution in [1.29, 1.82) is 0 Å². The molecule has 2 atom stereocenters. The zero-order valence-corrected chi connectivity index (χ0v) is 16.1. The lowest BCUT2D eigenvalue weighted by molar-refractivity contribution is -0.384. The minimum absolute atomic E-state index is 0.0439. The third-order valence-corrected chi connectivity index (χ3v) is 5.84. The van der Waals surface area contributed by atoms with E-state index in [0.29, 0.717) is 4.48 Å². The fraction of sp³-hybridized carbons (Fsp3) is 0.250. The van der Waals surface area contributed by atoms with Crippen molar-refractivity contribution in [3.8, 4) is 0 Å². The number of amides is 1. The predicted octanol–water partition coefficient (Wildman–Crippen LogP) is 5.30. The third kappa shape index (κ3) is 3.42. The Morgan fingerprint density at radius 3 is 2.35 bits per heavy atom. The number of carbonyl (C=O) groups excluding carboxylic acids is 1. The molecule has 2 aromatic carbocycles. The number of non-ortho nitro benzene ring substituents is 1. The van der Waals surface area contributed by atoms with Gasteiger partial charge in [-0.2, -0.15) is 0 Å². The summed E-state index contributed by atoms with van der Waals surface area (Å²) in [7, 11) is 0. The van der Waals surface area contributed by atoms with E-state index in [2.05, 4.69) is 15.9 Å². The van der Waals surface area contributed by atoms with E-state index < -0.39 is 4.92 Å². The van der Waals surface area contributed by atoms with Gasteiger partial charge in [0.25, 0.3) is 11.6 Å². The lowest BCUT2D eigenvalue weighted by Crippen LogP contribution is -2.40. The largest absolute Gasteiger partial charge is 0.324 e. The molecular weight excluding hydrogens is 396 g/mol. The van der Waals surface area contributed by atoms with E-state index in [9.17, 15) is 14.9 Å². The minimum atomic E-state index is -0.421. The SMILES string of the molecule is CC1=C(Br)C(=O)N([C@@H](C)c2ccc([N+](=O)[O-])cc2)[C@H](c2ccccc2)C1. The van der Waals surface area contributed by atoms with Crippen molar-refractivity contribution in [2.75, 3.05) is 0 Å². The first kappa shape index (κ1) is 18.3. The Labute approximate surface area is 160 Å². The lowest BCUT2D eigenvalue weighted by Gasteiger charge is -2.40. The molecule has 0 bridgehead atoms. The molecule has 1 heterocycles. The van der Waals surface area contributed by atoms with Crippen LogP contribution in [-0.4, -0.2) is 15.7 Å². The molecule has 0 saturated heterocycles. The zero-order chi connectivity index (χ0) is 18.8. The van der Waals surface area contributed by atoms with Crippen molar-refractivity contribution < 1.29 is 9.72 Å². The number of nitrogens with zero attached hydrogens (tertiary/aromatic N) is 2.